The summed E-state index contributed by atoms with van der Waals surface area (Å²) in [6, 6.07) is 3.52. The summed E-state index contributed by atoms with van der Waals surface area (Å²) in [4.78, 5) is 0. The molecule has 1 aromatic carbocycles. The number of benzene rings is 1. The van der Waals surface area contributed by atoms with Crippen molar-refractivity contribution in [2.24, 2.45) is 5.92 Å². The minimum Gasteiger partial charge on any atom is -0.396 e. The second kappa shape index (κ2) is 7.35. The lowest BCUT2D eigenvalue weighted by Crippen LogP contribution is -2.16. The molecule has 0 aliphatic carbocycles. The largest absolute Gasteiger partial charge is 0.396 e. The molecule has 0 aliphatic heterocycles. The van der Waals surface area contributed by atoms with E-state index >= 15 is 0 Å². The van der Waals surface area contributed by atoms with Gasteiger partial charge in [-0.3, -0.25) is 0 Å². The van der Waals surface area contributed by atoms with E-state index in [0.717, 1.165) is 25.5 Å². The molecule has 0 aromatic heterocycles. The van der Waals surface area contributed by atoms with Crippen LogP contribution >= 0.6 is 0 Å². The number of hydrogen-bond donors (Lipinski definition) is 2. The number of nitrogens with one attached hydrogen (secondary N) is 1. The fourth-order valence-corrected chi connectivity index (χ4v) is 1.61. The van der Waals surface area contributed by atoms with Crippen molar-refractivity contribution in [3.63, 3.8) is 0 Å². The SMILES string of the molecule is CC(CO)CCCNCc1cc(F)cc(F)c1. The molecule has 4 heteroatoms. The molecule has 1 unspecified atom stereocenters. The van der Waals surface area contributed by atoms with Gasteiger partial charge in [0.15, 0.2) is 0 Å². The molecule has 1 aromatic rings. The third-order valence-electron chi connectivity index (χ3n) is 2.61. The Hall–Kier alpha value is -1.00. The monoisotopic (exact) mass is 243 g/mol. The Balaban J connectivity index is 2.22. The summed E-state index contributed by atoms with van der Waals surface area (Å²) in [6.45, 7) is 3.43. The molecule has 1 rings (SSSR count). The third-order valence-corrected chi connectivity index (χ3v) is 2.61. The predicted molar refractivity (Wildman–Crippen MR) is 63.5 cm³/mol. The van der Waals surface area contributed by atoms with Gasteiger partial charge < -0.3 is 10.4 Å². The Labute approximate surface area is 101 Å². The molecule has 1 atom stereocenters. The average Bonchev–Trinajstić information content (AvgIpc) is 2.27. The fourth-order valence-electron chi connectivity index (χ4n) is 1.61. The van der Waals surface area contributed by atoms with Crippen LogP contribution < -0.4 is 5.32 Å². The maximum Gasteiger partial charge on any atom is 0.126 e. The molecule has 0 bridgehead atoms. The van der Waals surface area contributed by atoms with E-state index < -0.39 is 11.6 Å². The van der Waals surface area contributed by atoms with Crippen molar-refractivity contribution in [3.8, 4) is 0 Å². The lowest BCUT2D eigenvalue weighted by molar-refractivity contribution is 0.228. The minimum atomic E-state index is -0.546. The highest BCUT2D eigenvalue weighted by atomic mass is 19.1. The molecule has 0 aliphatic rings. The van der Waals surface area contributed by atoms with Gasteiger partial charge in [-0.05, 0) is 43.0 Å². The maximum absolute atomic E-state index is 12.9. The molecular weight excluding hydrogens is 224 g/mol. The van der Waals surface area contributed by atoms with Crippen molar-refractivity contribution in [3.05, 3.63) is 35.4 Å². The lowest BCUT2D eigenvalue weighted by atomic mass is 10.1. The van der Waals surface area contributed by atoms with Gasteiger partial charge >= 0.3 is 0 Å². The van der Waals surface area contributed by atoms with Gasteiger partial charge in [0.05, 0.1) is 0 Å². The molecule has 0 saturated carbocycles. The predicted octanol–water partition coefficient (Wildman–Crippen LogP) is 2.46. The van der Waals surface area contributed by atoms with Crippen LogP contribution in [0.25, 0.3) is 0 Å². The second-order valence-electron chi connectivity index (χ2n) is 4.38. The van der Waals surface area contributed by atoms with E-state index in [1.165, 1.54) is 12.1 Å². The average molecular weight is 243 g/mol. The molecule has 2 N–H and O–H groups in total. The van der Waals surface area contributed by atoms with Crippen LogP contribution in [0.1, 0.15) is 25.3 Å². The summed E-state index contributed by atoms with van der Waals surface area (Å²) < 4.78 is 25.7. The van der Waals surface area contributed by atoms with Crippen LogP contribution in [0.5, 0.6) is 0 Å². The topological polar surface area (TPSA) is 32.3 Å². The highest BCUT2D eigenvalue weighted by Gasteiger charge is 2.01. The van der Waals surface area contributed by atoms with Crippen molar-refractivity contribution in [1.82, 2.24) is 5.32 Å². The zero-order valence-electron chi connectivity index (χ0n) is 10.0. The normalized spacial score (nSPS) is 12.7. The molecule has 0 radical (unpaired) electrons. The number of rotatable bonds is 7. The van der Waals surface area contributed by atoms with E-state index in [0.29, 0.717) is 18.0 Å². The smallest absolute Gasteiger partial charge is 0.126 e. The molecule has 0 amide bonds. The van der Waals surface area contributed by atoms with Crippen molar-refractivity contribution in [1.29, 1.82) is 0 Å². The molecule has 2 nitrogen and oxygen atoms in total. The van der Waals surface area contributed by atoms with Crippen molar-refractivity contribution in [2.45, 2.75) is 26.3 Å². The van der Waals surface area contributed by atoms with Crippen LogP contribution in [-0.4, -0.2) is 18.3 Å². The van der Waals surface area contributed by atoms with E-state index in [-0.39, 0.29) is 6.61 Å². The Morgan fingerprint density at radius 2 is 1.88 bits per heavy atom. The Morgan fingerprint density at radius 1 is 1.24 bits per heavy atom. The zero-order chi connectivity index (χ0) is 12.7. The van der Waals surface area contributed by atoms with Gasteiger partial charge in [-0.25, -0.2) is 8.78 Å². The Morgan fingerprint density at radius 3 is 2.47 bits per heavy atom. The van der Waals surface area contributed by atoms with Crippen LogP contribution in [0, 0.1) is 17.6 Å². The van der Waals surface area contributed by atoms with Gasteiger partial charge in [0.1, 0.15) is 11.6 Å². The van der Waals surface area contributed by atoms with Gasteiger partial charge in [0, 0.05) is 19.2 Å². The van der Waals surface area contributed by atoms with E-state index in [1.807, 2.05) is 6.92 Å². The van der Waals surface area contributed by atoms with Crippen LogP contribution in [0.4, 0.5) is 8.78 Å². The number of aliphatic hydroxyl groups is 1. The van der Waals surface area contributed by atoms with E-state index in [4.69, 9.17) is 5.11 Å². The molecule has 0 saturated heterocycles. The van der Waals surface area contributed by atoms with Gasteiger partial charge in [-0.15, -0.1) is 0 Å². The number of hydrogen-bond acceptors (Lipinski definition) is 2. The van der Waals surface area contributed by atoms with Gasteiger partial charge in [0.2, 0.25) is 0 Å². The van der Waals surface area contributed by atoms with Crippen LogP contribution in [0.15, 0.2) is 18.2 Å². The third kappa shape index (κ3) is 5.75. The molecule has 0 heterocycles. The molecule has 0 spiro atoms. The summed E-state index contributed by atoms with van der Waals surface area (Å²) in [5.41, 5.74) is 0.609. The first-order chi connectivity index (χ1) is 8.11. The van der Waals surface area contributed by atoms with Gasteiger partial charge in [-0.2, -0.15) is 0 Å². The first kappa shape index (κ1) is 14.1. The summed E-state index contributed by atoms with van der Waals surface area (Å²) in [7, 11) is 0. The van der Waals surface area contributed by atoms with Crippen LogP contribution in [0.2, 0.25) is 0 Å². The van der Waals surface area contributed by atoms with E-state index in [9.17, 15) is 8.78 Å². The van der Waals surface area contributed by atoms with Crippen molar-refractivity contribution < 1.29 is 13.9 Å². The van der Waals surface area contributed by atoms with E-state index in [1.54, 1.807) is 0 Å². The summed E-state index contributed by atoms with van der Waals surface area (Å²) in [5.74, 6) is -0.783. The maximum atomic E-state index is 12.9. The van der Waals surface area contributed by atoms with Crippen LogP contribution in [-0.2, 0) is 6.54 Å². The standard InChI is InChI=1S/C13H19F2NO/c1-10(9-17)3-2-4-16-8-11-5-12(14)7-13(15)6-11/h5-7,10,16-17H,2-4,8-9H2,1H3. The lowest BCUT2D eigenvalue weighted by Gasteiger charge is -2.08. The molecule has 0 fully saturated rings. The Kier molecular flexibility index (Phi) is 6.08. The summed E-state index contributed by atoms with van der Waals surface area (Å²) in [5, 5.41) is 11.9. The highest BCUT2D eigenvalue weighted by molar-refractivity contribution is 5.17. The summed E-state index contributed by atoms with van der Waals surface area (Å²) in [6.07, 6.45) is 1.89. The molecule has 96 valence electrons. The highest BCUT2D eigenvalue weighted by Crippen LogP contribution is 2.08. The van der Waals surface area contributed by atoms with Crippen molar-refractivity contribution in [2.75, 3.05) is 13.2 Å². The summed E-state index contributed by atoms with van der Waals surface area (Å²) >= 11 is 0. The second-order valence-corrected chi connectivity index (χ2v) is 4.38. The van der Waals surface area contributed by atoms with Crippen LogP contribution in [0.3, 0.4) is 0 Å². The quantitative estimate of drug-likeness (QED) is 0.721. The number of aliphatic hydroxyl groups excluding tert-OH is 1. The molecular formula is C13H19F2NO. The minimum absolute atomic E-state index is 0.203. The van der Waals surface area contributed by atoms with Gasteiger partial charge in [0.25, 0.3) is 0 Å². The fraction of sp³-hybridized carbons (Fsp3) is 0.538. The van der Waals surface area contributed by atoms with E-state index in [2.05, 4.69) is 5.32 Å². The van der Waals surface area contributed by atoms with Gasteiger partial charge in [-0.1, -0.05) is 6.92 Å². The number of halogens is 2. The first-order valence-corrected chi connectivity index (χ1v) is 5.88. The van der Waals surface area contributed by atoms with Crippen molar-refractivity contribution >= 4 is 0 Å². The first-order valence-electron chi connectivity index (χ1n) is 5.88. The Bertz CT molecular complexity index is 324. The zero-order valence-corrected chi connectivity index (χ0v) is 10.0. The molecule has 17 heavy (non-hydrogen) atoms.